The molecule has 1 aromatic rings. The smallest absolute Gasteiger partial charge is 0.377 e. The van der Waals surface area contributed by atoms with Crippen molar-refractivity contribution in [3.05, 3.63) is 16.2 Å². The van der Waals surface area contributed by atoms with E-state index in [0.717, 1.165) is 9.47 Å². The Hall–Kier alpha value is -2.41. The Bertz CT molecular complexity index is 918. The van der Waals surface area contributed by atoms with Gasteiger partial charge in [0.25, 0.3) is 5.56 Å². The fourth-order valence-corrected chi connectivity index (χ4v) is 4.27. The van der Waals surface area contributed by atoms with Crippen molar-refractivity contribution in [3.63, 3.8) is 0 Å². The molecule has 9 nitrogen and oxygen atoms in total. The second-order valence-corrected chi connectivity index (χ2v) is 8.15. The summed E-state index contributed by atoms with van der Waals surface area (Å²) in [6.07, 6.45) is -4.58. The van der Waals surface area contributed by atoms with Crippen LogP contribution in [-0.4, -0.2) is 84.8 Å². The molecule has 2 saturated heterocycles. The van der Waals surface area contributed by atoms with E-state index < -0.39 is 42.5 Å². The van der Waals surface area contributed by atoms with Crippen molar-refractivity contribution in [2.75, 3.05) is 56.0 Å². The minimum Gasteiger partial charge on any atom is -0.377 e. The van der Waals surface area contributed by atoms with Crippen molar-refractivity contribution in [2.24, 2.45) is 0 Å². The second-order valence-electron chi connectivity index (χ2n) is 8.15. The van der Waals surface area contributed by atoms with E-state index in [1.165, 1.54) is 9.80 Å². The summed E-state index contributed by atoms with van der Waals surface area (Å²) in [6.45, 7) is 2.34. The molecule has 0 bridgehead atoms. The van der Waals surface area contributed by atoms with E-state index in [-0.39, 0.29) is 50.8 Å². The van der Waals surface area contributed by atoms with Crippen molar-refractivity contribution < 1.29 is 31.8 Å². The number of carbonyl (C=O) groups excluding carboxylic acids is 1. The molecule has 0 radical (unpaired) electrons. The van der Waals surface area contributed by atoms with Crippen LogP contribution in [0.3, 0.4) is 0 Å². The minimum absolute atomic E-state index is 0.0104. The quantitative estimate of drug-likeness (QED) is 0.618. The second kappa shape index (κ2) is 8.85. The van der Waals surface area contributed by atoms with Crippen LogP contribution in [0.15, 0.2) is 4.79 Å². The summed E-state index contributed by atoms with van der Waals surface area (Å²) in [5.74, 6) is -2.38. The van der Waals surface area contributed by atoms with Gasteiger partial charge in [-0.05, 0) is 19.8 Å². The molecule has 1 amide bonds. The van der Waals surface area contributed by atoms with Crippen LogP contribution in [0.2, 0.25) is 0 Å². The normalized spacial score (nSPS) is 24.5. The van der Waals surface area contributed by atoms with Crippen LogP contribution in [0.25, 0.3) is 0 Å². The van der Waals surface area contributed by atoms with Gasteiger partial charge in [-0.3, -0.25) is 14.2 Å². The number of alkyl halides is 3. The van der Waals surface area contributed by atoms with Crippen molar-refractivity contribution in [1.29, 1.82) is 0 Å². The third-order valence-electron chi connectivity index (χ3n) is 5.98. The average Bonchev–Trinajstić information content (AvgIpc) is 2.76. The summed E-state index contributed by atoms with van der Waals surface area (Å²) >= 11 is 0. The number of amides is 1. The highest BCUT2D eigenvalue weighted by molar-refractivity contribution is 5.81. The van der Waals surface area contributed by atoms with Crippen LogP contribution >= 0.6 is 0 Å². The van der Waals surface area contributed by atoms with Crippen molar-refractivity contribution in [1.82, 2.24) is 14.5 Å². The number of carbonyl (C=O) groups is 1. The third-order valence-corrected chi connectivity index (χ3v) is 5.98. The zero-order chi connectivity index (χ0) is 23.0. The van der Waals surface area contributed by atoms with Gasteiger partial charge in [0.15, 0.2) is 5.82 Å². The van der Waals surface area contributed by atoms with Crippen LogP contribution < -0.4 is 15.4 Å². The Kier molecular flexibility index (Phi) is 6.30. The number of ether oxygens (including phenoxy) is 2. The monoisotopic (exact) mass is 463 g/mol. The standard InChI is InChI=1S/C19H25F4N5O4/c1-12-10-31-8-6-26(12)16-15(20)17(30)27-5-3-13(19(21,22)23)28(18(27)24-16)9-14(29)25-4-2-7-32-11-25/h12-13H,2-11H2,1H3/t12-,13+/m1/s1. The molecule has 32 heavy (non-hydrogen) atoms. The van der Waals surface area contributed by atoms with Gasteiger partial charge >= 0.3 is 6.18 Å². The van der Waals surface area contributed by atoms with Gasteiger partial charge in [0.2, 0.25) is 17.7 Å². The maximum absolute atomic E-state index is 14.9. The van der Waals surface area contributed by atoms with Gasteiger partial charge in [0, 0.05) is 19.6 Å². The van der Waals surface area contributed by atoms with E-state index in [2.05, 4.69) is 4.98 Å². The van der Waals surface area contributed by atoms with Crippen molar-refractivity contribution >= 4 is 17.7 Å². The lowest BCUT2D eigenvalue weighted by atomic mass is 10.1. The van der Waals surface area contributed by atoms with Crippen LogP contribution in [0.5, 0.6) is 0 Å². The first-order valence-electron chi connectivity index (χ1n) is 10.5. The topological polar surface area (TPSA) is 80.1 Å². The maximum atomic E-state index is 14.9. The van der Waals surface area contributed by atoms with Crippen molar-refractivity contribution in [3.8, 4) is 0 Å². The Balaban J connectivity index is 1.75. The van der Waals surface area contributed by atoms with Crippen LogP contribution in [0.1, 0.15) is 19.8 Å². The van der Waals surface area contributed by atoms with E-state index >= 15 is 0 Å². The first-order chi connectivity index (χ1) is 15.2. The molecule has 13 heteroatoms. The molecule has 0 N–H and O–H groups in total. The summed E-state index contributed by atoms with van der Waals surface area (Å²) < 4.78 is 68.0. The molecule has 4 heterocycles. The SMILES string of the molecule is C[C@@H]1COCCN1c1nc2n(c(=O)c1F)CC[C@@H](C(F)(F)F)N2CC(=O)N1CCCOC1. The Morgan fingerprint density at radius 1 is 1.19 bits per heavy atom. The van der Waals surface area contributed by atoms with Crippen LogP contribution in [-0.2, 0) is 20.8 Å². The number of anilines is 2. The minimum atomic E-state index is -4.66. The molecular weight excluding hydrogens is 438 g/mol. The van der Waals surface area contributed by atoms with Gasteiger partial charge < -0.3 is 24.2 Å². The van der Waals surface area contributed by atoms with E-state index in [1.807, 2.05) is 0 Å². The number of hydrogen-bond donors (Lipinski definition) is 0. The fraction of sp³-hybridized carbons (Fsp3) is 0.737. The molecule has 178 valence electrons. The number of halogens is 4. The summed E-state index contributed by atoms with van der Waals surface area (Å²) in [5, 5.41) is 0. The number of hydrogen-bond acceptors (Lipinski definition) is 7. The predicted octanol–water partition coefficient (Wildman–Crippen LogP) is 0.955. The molecule has 0 unspecified atom stereocenters. The lowest BCUT2D eigenvalue weighted by molar-refractivity contribution is -0.155. The molecule has 0 aliphatic carbocycles. The number of nitrogens with zero attached hydrogens (tertiary/aromatic N) is 5. The van der Waals surface area contributed by atoms with E-state index in [1.54, 1.807) is 6.92 Å². The highest BCUT2D eigenvalue weighted by Gasteiger charge is 2.48. The van der Waals surface area contributed by atoms with Crippen LogP contribution in [0.4, 0.5) is 29.3 Å². The zero-order valence-corrected chi connectivity index (χ0v) is 17.6. The van der Waals surface area contributed by atoms with Gasteiger partial charge in [-0.15, -0.1) is 0 Å². The van der Waals surface area contributed by atoms with Gasteiger partial charge in [-0.2, -0.15) is 22.5 Å². The van der Waals surface area contributed by atoms with Gasteiger partial charge in [0.05, 0.1) is 25.9 Å². The first kappa shape index (κ1) is 22.8. The summed E-state index contributed by atoms with van der Waals surface area (Å²) in [6, 6.07) is -2.35. The summed E-state index contributed by atoms with van der Waals surface area (Å²) in [7, 11) is 0. The molecule has 0 spiro atoms. The lowest BCUT2D eigenvalue weighted by Crippen LogP contribution is -2.56. The Morgan fingerprint density at radius 2 is 1.97 bits per heavy atom. The molecule has 3 aliphatic heterocycles. The average molecular weight is 463 g/mol. The largest absolute Gasteiger partial charge is 0.408 e. The van der Waals surface area contributed by atoms with E-state index in [0.29, 0.717) is 19.6 Å². The Morgan fingerprint density at radius 3 is 2.62 bits per heavy atom. The molecule has 0 saturated carbocycles. The number of fused-ring (bicyclic) bond motifs is 1. The molecule has 3 aliphatic rings. The number of aromatic nitrogens is 2. The fourth-order valence-electron chi connectivity index (χ4n) is 4.27. The zero-order valence-electron chi connectivity index (χ0n) is 17.6. The molecule has 4 rings (SSSR count). The molecule has 2 fully saturated rings. The van der Waals surface area contributed by atoms with Gasteiger partial charge in [-0.1, -0.05) is 0 Å². The Labute approximate surface area is 181 Å². The van der Waals surface area contributed by atoms with Gasteiger partial charge in [0.1, 0.15) is 19.3 Å². The number of rotatable bonds is 3. The highest BCUT2D eigenvalue weighted by Crippen LogP contribution is 2.35. The maximum Gasteiger partial charge on any atom is 0.408 e. The molecule has 0 aromatic carbocycles. The lowest BCUT2D eigenvalue weighted by Gasteiger charge is -2.41. The third kappa shape index (κ3) is 4.27. The molecule has 1 aromatic heterocycles. The number of morpholine rings is 1. The predicted molar refractivity (Wildman–Crippen MR) is 105 cm³/mol. The van der Waals surface area contributed by atoms with Crippen LogP contribution in [0, 0.1) is 5.82 Å². The van der Waals surface area contributed by atoms with E-state index in [4.69, 9.17) is 9.47 Å². The summed E-state index contributed by atoms with van der Waals surface area (Å²) in [4.78, 5) is 33.3. The van der Waals surface area contributed by atoms with Crippen molar-refractivity contribution in [2.45, 2.75) is 44.6 Å². The van der Waals surface area contributed by atoms with E-state index in [9.17, 15) is 27.2 Å². The van der Waals surface area contributed by atoms with Gasteiger partial charge in [-0.25, -0.2) is 0 Å². The first-order valence-corrected chi connectivity index (χ1v) is 10.5. The molecular formula is C19H25F4N5O4. The highest BCUT2D eigenvalue weighted by atomic mass is 19.4. The molecule has 2 atom stereocenters. The summed E-state index contributed by atoms with van der Waals surface area (Å²) in [5.41, 5.74) is -1.05.